The van der Waals surface area contributed by atoms with E-state index < -0.39 is 0 Å². The van der Waals surface area contributed by atoms with Crippen molar-refractivity contribution >= 4 is 16.6 Å². The minimum atomic E-state index is 0.781. The van der Waals surface area contributed by atoms with Gasteiger partial charge in [-0.15, -0.1) is 0 Å². The summed E-state index contributed by atoms with van der Waals surface area (Å²) >= 11 is 0. The molecule has 5 aromatic rings. The van der Waals surface area contributed by atoms with Gasteiger partial charge in [0.25, 0.3) is 0 Å². The molecule has 0 atom stereocenters. The lowest BCUT2D eigenvalue weighted by atomic mass is 10.0. The second-order valence-corrected chi connectivity index (χ2v) is 6.52. The summed E-state index contributed by atoms with van der Waals surface area (Å²) in [5.74, 6) is 1.57. The molecule has 0 saturated carbocycles. The van der Waals surface area contributed by atoms with E-state index in [-0.39, 0.29) is 0 Å². The number of imidazole rings is 1. The van der Waals surface area contributed by atoms with Crippen LogP contribution >= 0.6 is 0 Å². The Morgan fingerprint density at radius 3 is 2.85 bits per heavy atom. The van der Waals surface area contributed by atoms with Crippen LogP contribution in [0.4, 0.5) is 0 Å². The molecule has 0 saturated heterocycles. The first kappa shape index (κ1) is 15.6. The van der Waals surface area contributed by atoms with E-state index in [0.717, 1.165) is 50.6 Å². The van der Waals surface area contributed by atoms with Gasteiger partial charge in [0.05, 0.1) is 29.2 Å². The Kier molecular flexibility index (Phi) is 3.47. The quantitative estimate of drug-likeness (QED) is 0.426. The van der Waals surface area contributed by atoms with Crippen LogP contribution in [0.5, 0.6) is 11.5 Å². The molecule has 132 valence electrons. The van der Waals surface area contributed by atoms with E-state index in [2.05, 4.69) is 27.4 Å². The highest BCUT2D eigenvalue weighted by Gasteiger charge is 2.13. The molecule has 5 rings (SSSR count). The van der Waals surface area contributed by atoms with E-state index in [0.29, 0.717) is 0 Å². The lowest BCUT2D eigenvalue weighted by molar-refractivity contribution is 0.487. The molecule has 0 radical (unpaired) electrons. The third-order valence-electron chi connectivity index (χ3n) is 4.76. The molecule has 5 heteroatoms. The summed E-state index contributed by atoms with van der Waals surface area (Å²) in [6.45, 7) is 4.09. The second kappa shape index (κ2) is 5.99. The topological polar surface area (TPSA) is 52.6 Å². The SMILES string of the molecule is Cc1cc(Oc2cccc3occc23)ccc1-c1c(C)ncc2nccn12. The van der Waals surface area contributed by atoms with Crippen molar-refractivity contribution in [3.05, 3.63) is 78.6 Å². The van der Waals surface area contributed by atoms with E-state index in [4.69, 9.17) is 9.15 Å². The van der Waals surface area contributed by atoms with Crippen molar-refractivity contribution in [1.29, 1.82) is 0 Å². The van der Waals surface area contributed by atoms with E-state index in [1.54, 1.807) is 18.7 Å². The van der Waals surface area contributed by atoms with Crippen LogP contribution in [0.2, 0.25) is 0 Å². The van der Waals surface area contributed by atoms with Gasteiger partial charge in [-0.05, 0) is 55.8 Å². The Morgan fingerprint density at radius 1 is 1.04 bits per heavy atom. The van der Waals surface area contributed by atoms with Gasteiger partial charge in [-0.25, -0.2) is 4.98 Å². The largest absolute Gasteiger partial charge is 0.464 e. The molecule has 0 amide bonds. The minimum absolute atomic E-state index is 0.781. The number of nitrogens with zero attached hydrogens (tertiary/aromatic N) is 3. The molecular weight excluding hydrogens is 338 g/mol. The second-order valence-electron chi connectivity index (χ2n) is 6.52. The zero-order valence-electron chi connectivity index (χ0n) is 15.0. The fraction of sp³-hybridized carbons (Fsp3) is 0.0909. The van der Waals surface area contributed by atoms with Gasteiger partial charge < -0.3 is 9.15 Å². The Balaban J connectivity index is 1.57. The van der Waals surface area contributed by atoms with Crippen LogP contribution in [-0.2, 0) is 0 Å². The number of hydrogen-bond donors (Lipinski definition) is 0. The average molecular weight is 355 g/mol. The average Bonchev–Trinajstić information content (AvgIpc) is 3.32. The summed E-state index contributed by atoms with van der Waals surface area (Å²) in [7, 11) is 0. The highest BCUT2D eigenvalue weighted by Crippen LogP contribution is 2.34. The van der Waals surface area contributed by atoms with Crippen molar-refractivity contribution in [3.8, 4) is 22.8 Å². The highest BCUT2D eigenvalue weighted by atomic mass is 16.5. The van der Waals surface area contributed by atoms with Crippen molar-refractivity contribution < 1.29 is 9.15 Å². The molecule has 0 spiro atoms. The Morgan fingerprint density at radius 2 is 1.96 bits per heavy atom. The van der Waals surface area contributed by atoms with Gasteiger partial charge in [0.1, 0.15) is 17.1 Å². The maximum Gasteiger partial charge on any atom is 0.155 e. The molecule has 27 heavy (non-hydrogen) atoms. The van der Waals surface area contributed by atoms with Gasteiger partial charge in [0.15, 0.2) is 5.65 Å². The predicted octanol–water partition coefficient (Wildman–Crippen LogP) is 5.55. The van der Waals surface area contributed by atoms with E-state index in [1.807, 2.05) is 49.5 Å². The first-order valence-corrected chi connectivity index (χ1v) is 8.74. The zero-order valence-corrected chi connectivity index (χ0v) is 15.0. The molecule has 2 aromatic carbocycles. The number of aryl methyl sites for hydroxylation is 2. The standard InChI is InChI=1S/C22H17N3O2/c1-14-12-16(27-20-5-3-4-19-18(20)8-11-26-19)6-7-17(14)22-15(2)24-13-21-23-9-10-25(21)22/h3-13H,1-2H3. The molecule has 0 aliphatic heterocycles. The van der Waals surface area contributed by atoms with Crippen LogP contribution in [0.3, 0.4) is 0 Å². The molecule has 3 aromatic heterocycles. The van der Waals surface area contributed by atoms with E-state index in [1.165, 1.54) is 0 Å². The molecule has 0 fully saturated rings. The molecule has 0 unspecified atom stereocenters. The summed E-state index contributed by atoms with van der Waals surface area (Å²) < 4.78 is 13.6. The van der Waals surface area contributed by atoms with Crippen molar-refractivity contribution in [2.24, 2.45) is 0 Å². The monoisotopic (exact) mass is 355 g/mol. The summed E-state index contributed by atoms with van der Waals surface area (Å²) in [5, 5.41) is 0.961. The highest BCUT2D eigenvalue weighted by molar-refractivity contribution is 5.84. The Labute approximate surface area is 155 Å². The summed E-state index contributed by atoms with van der Waals surface area (Å²) in [6, 6.07) is 13.8. The molecule has 0 bridgehead atoms. The van der Waals surface area contributed by atoms with Gasteiger partial charge >= 0.3 is 0 Å². The van der Waals surface area contributed by atoms with Crippen molar-refractivity contribution in [2.45, 2.75) is 13.8 Å². The minimum Gasteiger partial charge on any atom is -0.464 e. The maximum atomic E-state index is 6.13. The van der Waals surface area contributed by atoms with Gasteiger partial charge in [0, 0.05) is 18.0 Å². The Hall–Kier alpha value is -3.60. The number of benzene rings is 2. The van der Waals surface area contributed by atoms with Crippen LogP contribution in [0.1, 0.15) is 11.3 Å². The van der Waals surface area contributed by atoms with Crippen LogP contribution < -0.4 is 4.74 Å². The lowest BCUT2D eigenvalue weighted by Gasteiger charge is -2.13. The normalized spacial score (nSPS) is 11.3. The molecule has 0 aliphatic rings. The third kappa shape index (κ3) is 2.56. The molecular formula is C22H17N3O2. The van der Waals surface area contributed by atoms with Gasteiger partial charge in [-0.3, -0.25) is 9.38 Å². The van der Waals surface area contributed by atoms with Gasteiger partial charge in [-0.1, -0.05) is 6.07 Å². The number of fused-ring (bicyclic) bond motifs is 2. The van der Waals surface area contributed by atoms with Crippen molar-refractivity contribution in [3.63, 3.8) is 0 Å². The molecule has 0 N–H and O–H groups in total. The summed E-state index contributed by atoms with van der Waals surface area (Å²) in [6.07, 6.45) is 7.21. The molecule has 5 nitrogen and oxygen atoms in total. The zero-order chi connectivity index (χ0) is 18.4. The number of hydrogen-bond acceptors (Lipinski definition) is 4. The van der Waals surface area contributed by atoms with E-state index >= 15 is 0 Å². The van der Waals surface area contributed by atoms with Crippen LogP contribution in [-0.4, -0.2) is 14.4 Å². The number of furan rings is 1. The summed E-state index contributed by atoms with van der Waals surface area (Å²) in [5.41, 5.74) is 5.87. The predicted molar refractivity (Wildman–Crippen MR) is 104 cm³/mol. The Bertz CT molecular complexity index is 1280. The first-order valence-electron chi connectivity index (χ1n) is 8.74. The van der Waals surface area contributed by atoms with Crippen molar-refractivity contribution in [1.82, 2.24) is 14.4 Å². The third-order valence-corrected chi connectivity index (χ3v) is 4.76. The van der Waals surface area contributed by atoms with Crippen LogP contribution in [0.15, 0.2) is 71.7 Å². The van der Waals surface area contributed by atoms with Crippen molar-refractivity contribution in [2.75, 3.05) is 0 Å². The first-order chi connectivity index (χ1) is 13.2. The van der Waals surface area contributed by atoms with Crippen LogP contribution in [0, 0.1) is 13.8 Å². The summed E-state index contributed by atoms with van der Waals surface area (Å²) in [4.78, 5) is 8.83. The number of ether oxygens (including phenoxy) is 1. The fourth-order valence-corrected chi connectivity index (χ4v) is 3.46. The van der Waals surface area contributed by atoms with E-state index in [9.17, 15) is 0 Å². The number of aromatic nitrogens is 3. The molecule has 3 heterocycles. The fourth-order valence-electron chi connectivity index (χ4n) is 3.46. The van der Waals surface area contributed by atoms with Crippen LogP contribution in [0.25, 0.3) is 27.9 Å². The molecule has 0 aliphatic carbocycles. The van der Waals surface area contributed by atoms with Gasteiger partial charge in [0.2, 0.25) is 0 Å². The maximum absolute atomic E-state index is 6.13. The smallest absolute Gasteiger partial charge is 0.155 e. The van der Waals surface area contributed by atoms with Gasteiger partial charge in [-0.2, -0.15) is 0 Å². The lowest BCUT2D eigenvalue weighted by Crippen LogP contribution is -1.99. The number of rotatable bonds is 3.